The molecule has 3 amide bonds. The predicted molar refractivity (Wildman–Crippen MR) is 121 cm³/mol. The van der Waals surface area contributed by atoms with E-state index in [-0.39, 0.29) is 18.2 Å². The van der Waals surface area contributed by atoms with Crippen LogP contribution in [0.1, 0.15) is 23.5 Å². The van der Waals surface area contributed by atoms with E-state index in [2.05, 4.69) is 26.8 Å². The molecule has 3 aromatic rings. The molecule has 1 aliphatic heterocycles. The minimum Gasteiger partial charge on any atom is -0.290 e. The van der Waals surface area contributed by atoms with Crippen molar-refractivity contribution < 1.29 is 14.4 Å². The molecule has 4 rings (SSSR count). The van der Waals surface area contributed by atoms with Gasteiger partial charge in [-0.05, 0) is 35.4 Å². The van der Waals surface area contributed by atoms with Gasteiger partial charge < -0.3 is 0 Å². The highest BCUT2D eigenvalue weighted by Crippen LogP contribution is 2.26. The fraction of sp³-hybridized carbons (Fsp3) is 0.125. The smallest absolute Gasteiger partial charge is 0.253 e. The Morgan fingerprint density at radius 3 is 1.97 bits per heavy atom. The first-order valence-electron chi connectivity index (χ1n) is 9.82. The summed E-state index contributed by atoms with van der Waals surface area (Å²) in [5.74, 6) is -1.57. The van der Waals surface area contributed by atoms with Crippen molar-refractivity contribution in [2.75, 3.05) is 4.90 Å². The molecule has 0 saturated carbocycles. The topological polar surface area (TPSA) is 78.5 Å². The van der Waals surface area contributed by atoms with Crippen LogP contribution in [0.4, 0.5) is 5.69 Å². The van der Waals surface area contributed by atoms with Gasteiger partial charge in [-0.1, -0.05) is 76.6 Å². The van der Waals surface area contributed by atoms with E-state index in [4.69, 9.17) is 0 Å². The van der Waals surface area contributed by atoms with E-state index in [1.807, 2.05) is 60.7 Å². The van der Waals surface area contributed by atoms with Gasteiger partial charge in [0.15, 0.2) is 0 Å². The quantitative estimate of drug-likeness (QED) is 0.420. The molecule has 1 atom stereocenters. The van der Waals surface area contributed by atoms with Crippen LogP contribution in [0.15, 0.2) is 89.4 Å². The number of hydrogen-bond donors (Lipinski definition) is 2. The largest absolute Gasteiger partial charge is 0.290 e. The molecule has 1 saturated heterocycles. The zero-order valence-electron chi connectivity index (χ0n) is 16.5. The van der Waals surface area contributed by atoms with Crippen molar-refractivity contribution in [3.63, 3.8) is 0 Å². The molecule has 1 aliphatic rings. The van der Waals surface area contributed by atoms with Crippen molar-refractivity contribution in [3.05, 3.63) is 101 Å². The Bertz CT molecular complexity index is 1050. The van der Waals surface area contributed by atoms with Crippen molar-refractivity contribution in [2.45, 2.75) is 18.4 Å². The Balaban J connectivity index is 1.48. The van der Waals surface area contributed by atoms with E-state index < -0.39 is 17.9 Å². The van der Waals surface area contributed by atoms with Crippen LogP contribution in [-0.4, -0.2) is 23.8 Å². The lowest BCUT2D eigenvalue weighted by atomic mass is 9.91. The summed E-state index contributed by atoms with van der Waals surface area (Å²) in [6.45, 7) is 0. The number of carbonyl (C=O) groups excluding carboxylic acids is 3. The van der Waals surface area contributed by atoms with Gasteiger partial charge in [0.1, 0.15) is 6.04 Å². The maximum Gasteiger partial charge on any atom is 0.253 e. The first-order chi connectivity index (χ1) is 15.0. The second-order valence-corrected chi connectivity index (χ2v) is 8.10. The third kappa shape index (κ3) is 4.57. The highest BCUT2D eigenvalue weighted by molar-refractivity contribution is 9.10. The molecule has 0 unspecified atom stereocenters. The van der Waals surface area contributed by atoms with E-state index in [0.29, 0.717) is 5.69 Å². The number of nitrogens with zero attached hydrogens (tertiary/aromatic N) is 1. The monoisotopic (exact) mass is 477 g/mol. The molecule has 0 bridgehead atoms. The predicted octanol–water partition coefficient (Wildman–Crippen LogP) is 3.53. The highest BCUT2D eigenvalue weighted by atomic mass is 79.9. The van der Waals surface area contributed by atoms with Crippen molar-refractivity contribution in [2.24, 2.45) is 0 Å². The van der Waals surface area contributed by atoms with Gasteiger partial charge in [-0.3, -0.25) is 19.8 Å². The molecule has 0 spiro atoms. The molecule has 7 heteroatoms. The van der Waals surface area contributed by atoms with Crippen molar-refractivity contribution in [1.82, 2.24) is 10.9 Å². The Labute approximate surface area is 188 Å². The van der Waals surface area contributed by atoms with Crippen LogP contribution in [-0.2, 0) is 14.4 Å². The normalized spacial score (nSPS) is 16.1. The van der Waals surface area contributed by atoms with Gasteiger partial charge in [0.2, 0.25) is 11.8 Å². The number of nitrogens with one attached hydrogen (secondary N) is 2. The number of hydrazine groups is 1. The third-order valence-electron chi connectivity index (χ3n) is 5.13. The zero-order valence-corrected chi connectivity index (χ0v) is 18.1. The molecular weight excluding hydrogens is 458 g/mol. The Morgan fingerprint density at radius 1 is 0.871 bits per heavy atom. The first kappa shape index (κ1) is 21.0. The molecule has 156 valence electrons. The average Bonchev–Trinajstić information content (AvgIpc) is 3.08. The molecular formula is C24H20BrN3O3. The zero-order chi connectivity index (χ0) is 21.8. The van der Waals surface area contributed by atoms with Crippen molar-refractivity contribution in [3.8, 4) is 0 Å². The summed E-state index contributed by atoms with van der Waals surface area (Å²) in [5.41, 5.74) is 7.59. The number of hydrogen-bond acceptors (Lipinski definition) is 4. The number of anilines is 1. The summed E-state index contributed by atoms with van der Waals surface area (Å²) in [7, 11) is 0. The average molecular weight is 478 g/mol. The molecule has 3 aromatic carbocycles. The maximum atomic E-state index is 13.1. The van der Waals surface area contributed by atoms with E-state index in [1.54, 1.807) is 24.3 Å². The van der Waals surface area contributed by atoms with Gasteiger partial charge >= 0.3 is 0 Å². The summed E-state index contributed by atoms with van der Waals surface area (Å²) in [5, 5.41) is 0. The maximum absolute atomic E-state index is 13.1. The highest BCUT2D eigenvalue weighted by Gasteiger charge is 2.40. The van der Waals surface area contributed by atoms with Crippen LogP contribution < -0.4 is 15.8 Å². The van der Waals surface area contributed by atoms with Crippen LogP contribution in [0.2, 0.25) is 0 Å². The van der Waals surface area contributed by atoms with Crippen LogP contribution >= 0.6 is 15.9 Å². The van der Waals surface area contributed by atoms with E-state index in [9.17, 15) is 14.4 Å². The van der Waals surface area contributed by atoms with Gasteiger partial charge in [-0.2, -0.15) is 0 Å². The second-order valence-electron chi connectivity index (χ2n) is 7.19. The number of halogens is 1. The van der Waals surface area contributed by atoms with Crippen LogP contribution in [0, 0.1) is 0 Å². The lowest BCUT2D eigenvalue weighted by Gasteiger charge is -2.20. The minimum absolute atomic E-state index is 0.0312. The molecule has 31 heavy (non-hydrogen) atoms. The lowest BCUT2D eigenvalue weighted by Crippen LogP contribution is -2.49. The summed E-state index contributed by atoms with van der Waals surface area (Å²) in [6, 6.07) is 24.9. The second kappa shape index (κ2) is 9.24. The van der Waals surface area contributed by atoms with Gasteiger partial charge in [-0.25, -0.2) is 10.3 Å². The van der Waals surface area contributed by atoms with Crippen molar-refractivity contribution >= 4 is 39.3 Å². The Kier molecular flexibility index (Phi) is 6.25. The summed E-state index contributed by atoms with van der Waals surface area (Å²) in [4.78, 5) is 39.5. The SMILES string of the molecule is O=C(NN[C@@H]1CC(=O)N(c2ccc(Br)cc2)C1=O)C(c1ccccc1)c1ccccc1. The standard InChI is InChI=1S/C24H20BrN3O3/c25-18-11-13-19(14-12-18)28-21(29)15-20(24(28)31)26-27-23(30)22(16-7-3-1-4-8-16)17-9-5-2-6-10-17/h1-14,20,22,26H,15H2,(H,27,30)/t20-/m1/s1. The molecule has 1 fully saturated rings. The van der Waals surface area contributed by atoms with Gasteiger partial charge in [0, 0.05) is 4.47 Å². The van der Waals surface area contributed by atoms with Gasteiger partial charge in [-0.15, -0.1) is 0 Å². The van der Waals surface area contributed by atoms with E-state index >= 15 is 0 Å². The minimum atomic E-state index is -0.827. The van der Waals surface area contributed by atoms with Crippen LogP contribution in [0.3, 0.4) is 0 Å². The molecule has 2 N–H and O–H groups in total. The number of rotatable bonds is 6. The van der Waals surface area contributed by atoms with Crippen LogP contribution in [0.25, 0.3) is 0 Å². The fourth-order valence-corrected chi connectivity index (χ4v) is 3.89. The summed E-state index contributed by atoms with van der Waals surface area (Å²) in [6.07, 6.45) is -0.0312. The summed E-state index contributed by atoms with van der Waals surface area (Å²) >= 11 is 3.34. The number of benzene rings is 3. The fourth-order valence-electron chi connectivity index (χ4n) is 3.62. The molecule has 0 radical (unpaired) electrons. The molecule has 0 aromatic heterocycles. The van der Waals surface area contributed by atoms with E-state index in [1.165, 1.54) is 0 Å². The van der Waals surface area contributed by atoms with E-state index in [0.717, 1.165) is 20.5 Å². The van der Waals surface area contributed by atoms with Crippen molar-refractivity contribution in [1.29, 1.82) is 0 Å². The van der Waals surface area contributed by atoms with Gasteiger partial charge in [0.05, 0.1) is 18.0 Å². The van der Waals surface area contributed by atoms with Gasteiger partial charge in [0.25, 0.3) is 5.91 Å². The number of amides is 3. The number of carbonyl (C=O) groups is 3. The third-order valence-corrected chi connectivity index (χ3v) is 5.66. The molecule has 1 heterocycles. The molecule has 0 aliphatic carbocycles. The number of imide groups is 1. The Hall–Kier alpha value is -3.29. The lowest BCUT2D eigenvalue weighted by molar-refractivity contribution is -0.123. The van der Waals surface area contributed by atoms with Crippen LogP contribution in [0.5, 0.6) is 0 Å². The first-order valence-corrected chi connectivity index (χ1v) is 10.6. The summed E-state index contributed by atoms with van der Waals surface area (Å²) < 4.78 is 0.852. The molecule has 6 nitrogen and oxygen atoms in total. The Morgan fingerprint density at radius 2 is 1.42 bits per heavy atom.